The summed E-state index contributed by atoms with van der Waals surface area (Å²) in [6.45, 7) is 4.21. The van der Waals surface area contributed by atoms with Crippen molar-refractivity contribution in [1.29, 1.82) is 0 Å². The van der Waals surface area contributed by atoms with Crippen molar-refractivity contribution >= 4 is 10.0 Å². The normalized spacial score (nSPS) is 22.8. The highest BCUT2D eigenvalue weighted by Crippen LogP contribution is 2.21. The van der Waals surface area contributed by atoms with Gasteiger partial charge in [0, 0.05) is 51.2 Å². The monoisotopic (exact) mass is 286 g/mol. The second-order valence-electron chi connectivity index (χ2n) is 5.17. The fourth-order valence-electron chi connectivity index (χ4n) is 2.30. The molecule has 1 saturated heterocycles. The van der Waals surface area contributed by atoms with E-state index in [2.05, 4.69) is 4.90 Å². The first-order valence-corrected chi connectivity index (χ1v) is 7.86. The molecule has 2 N–H and O–H groups in total. The van der Waals surface area contributed by atoms with E-state index in [-0.39, 0.29) is 6.04 Å². The van der Waals surface area contributed by atoms with Crippen molar-refractivity contribution in [3.05, 3.63) is 18.0 Å². The highest BCUT2D eigenvalue weighted by atomic mass is 32.2. The van der Waals surface area contributed by atoms with E-state index in [4.69, 9.17) is 5.73 Å². The van der Waals surface area contributed by atoms with Crippen molar-refractivity contribution in [2.45, 2.75) is 24.4 Å². The lowest BCUT2D eigenvalue weighted by atomic mass is 10.2. The Hall–Kier alpha value is -0.890. The minimum Gasteiger partial charge on any atom is -0.352 e. The lowest BCUT2D eigenvalue weighted by Gasteiger charge is -2.36. The van der Waals surface area contributed by atoms with Crippen LogP contribution in [0.15, 0.2) is 17.2 Å². The molecule has 0 aromatic carbocycles. The molecular weight excluding hydrogens is 264 g/mol. The molecule has 108 valence electrons. The van der Waals surface area contributed by atoms with E-state index in [1.54, 1.807) is 21.1 Å². The van der Waals surface area contributed by atoms with Crippen LogP contribution in [0.3, 0.4) is 0 Å². The zero-order chi connectivity index (χ0) is 14.2. The van der Waals surface area contributed by atoms with Gasteiger partial charge in [0.15, 0.2) is 0 Å². The maximum Gasteiger partial charge on any atom is 0.244 e. The number of rotatable bonds is 3. The SMILES string of the molecule is CC1CN(S(=O)(=O)c2cc(CN)n(C)c2)CCN1C. The van der Waals surface area contributed by atoms with E-state index in [1.165, 1.54) is 0 Å². The Bertz CT molecular complexity index is 552. The molecule has 2 rings (SSSR count). The number of likely N-dealkylation sites (N-methyl/N-ethyl adjacent to an activating group) is 1. The largest absolute Gasteiger partial charge is 0.352 e. The molecule has 0 saturated carbocycles. The van der Waals surface area contributed by atoms with E-state index in [0.717, 1.165) is 12.2 Å². The van der Waals surface area contributed by atoms with Crippen LogP contribution >= 0.6 is 0 Å². The lowest BCUT2D eigenvalue weighted by Crippen LogP contribution is -2.51. The van der Waals surface area contributed by atoms with Gasteiger partial charge >= 0.3 is 0 Å². The zero-order valence-electron chi connectivity index (χ0n) is 11.7. The lowest BCUT2D eigenvalue weighted by molar-refractivity contribution is 0.159. The number of hydrogen-bond donors (Lipinski definition) is 1. The third-order valence-electron chi connectivity index (χ3n) is 3.85. The van der Waals surface area contributed by atoms with Gasteiger partial charge in [-0.15, -0.1) is 0 Å². The summed E-state index contributed by atoms with van der Waals surface area (Å²) in [5.74, 6) is 0. The van der Waals surface area contributed by atoms with Crippen molar-refractivity contribution in [2.75, 3.05) is 26.7 Å². The molecule has 1 aliphatic heterocycles. The fraction of sp³-hybridized carbons (Fsp3) is 0.667. The van der Waals surface area contributed by atoms with Gasteiger partial charge in [0.2, 0.25) is 10.0 Å². The topological polar surface area (TPSA) is 71.6 Å². The summed E-state index contributed by atoms with van der Waals surface area (Å²) < 4.78 is 28.5. The Morgan fingerprint density at radius 3 is 2.58 bits per heavy atom. The highest BCUT2D eigenvalue weighted by Gasteiger charge is 2.31. The number of piperazine rings is 1. The first kappa shape index (κ1) is 14.5. The molecule has 1 fully saturated rings. The van der Waals surface area contributed by atoms with E-state index < -0.39 is 10.0 Å². The van der Waals surface area contributed by atoms with Crippen LogP contribution in [0.4, 0.5) is 0 Å². The van der Waals surface area contributed by atoms with Crippen LogP contribution in [0.1, 0.15) is 12.6 Å². The minimum absolute atomic E-state index is 0.237. The van der Waals surface area contributed by atoms with Gasteiger partial charge in [0.05, 0.1) is 0 Å². The summed E-state index contributed by atoms with van der Waals surface area (Å²) in [5.41, 5.74) is 6.41. The van der Waals surface area contributed by atoms with E-state index in [0.29, 0.717) is 24.5 Å². The molecular formula is C12H22N4O2S. The Labute approximate surface area is 114 Å². The Balaban J connectivity index is 2.27. The van der Waals surface area contributed by atoms with E-state index >= 15 is 0 Å². The zero-order valence-corrected chi connectivity index (χ0v) is 12.5. The van der Waals surface area contributed by atoms with Gasteiger partial charge in [-0.3, -0.25) is 0 Å². The number of aryl methyl sites for hydroxylation is 1. The molecule has 2 heterocycles. The Morgan fingerprint density at radius 2 is 2.05 bits per heavy atom. The molecule has 1 aromatic heterocycles. The van der Waals surface area contributed by atoms with Crippen molar-refractivity contribution in [1.82, 2.24) is 13.8 Å². The maximum absolute atomic E-state index is 12.6. The number of nitrogens with zero attached hydrogens (tertiary/aromatic N) is 3. The summed E-state index contributed by atoms with van der Waals surface area (Å²) in [5, 5.41) is 0. The van der Waals surface area contributed by atoms with Crippen LogP contribution in [0.5, 0.6) is 0 Å². The van der Waals surface area contributed by atoms with Crippen LogP contribution in [0, 0.1) is 0 Å². The van der Waals surface area contributed by atoms with Gasteiger partial charge in [0.1, 0.15) is 4.90 Å². The summed E-state index contributed by atoms with van der Waals surface area (Å²) in [6, 6.07) is 1.90. The molecule has 0 bridgehead atoms. The van der Waals surface area contributed by atoms with Gasteiger partial charge in [-0.1, -0.05) is 0 Å². The van der Waals surface area contributed by atoms with Crippen LogP contribution in [-0.2, 0) is 23.6 Å². The predicted molar refractivity (Wildman–Crippen MR) is 74.2 cm³/mol. The second kappa shape index (κ2) is 5.24. The fourth-order valence-corrected chi connectivity index (χ4v) is 3.91. The van der Waals surface area contributed by atoms with Gasteiger partial charge < -0.3 is 15.2 Å². The van der Waals surface area contributed by atoms with E-state index in [1.807, 2.05) is 21.0 Å². The molecule has 0 amide bonds. The number of nitrogens with two attached hydrogens (primary N) is 1. The van der Waals surface area contributed by atoms with Crippen molar-refractivity contribution in [3.63, 3.8) is 0 Å². The smallest absolute Gasteiger partial charge is 0.244 e. The summed E-state index contributed by atoms with van der Waals surface area (Å²) >= 11 is 0. The van der Waals surface area contributed by atoms with Crippen LogP contribution in [-0.4, -0.2) is 54.9 Å². The molecule has 6 nitrogen and oxygen atoms in total. The van der Waals surface area contributed by atoms with Gasteiger partial charge in [0.25, 0.3) is 0 Å². The summed E-state index contributed by atoms with van der Waals surface area (Å²) in [6.07, 6.45) is 1.64. The molecule has 7 heteroatoms. The van der Waals surface area contributed by atoms with E-state index in [9.17, 15) is 8.42 Å². The van der Waals surface area contributed by atoms with Gasteiger partial charge in [-0.2, -0.15) is 4.31 Å². The predicted octanol–water partition coefficient (Wildman–Crippen LogP) is -0.192. The molecule has 1 atom stereocenters. The van der Waals surface area contributed by atoms with Crippen LogP contribution < -0.4 is 5.73 Å². The third-order valence-corrected chi connectivity index (χ3v) is 5.68. The minimum atomic E-state index is -3.40. The van der Waals surface area contributed by atoms with Crippen molar-refractivity contribution < 1.29 is 8.42 Å². The molecule has 19 heavy (non-hydrogen) atoms. The molecule has 0 radical (unpaired) electrons. The average Bonchev–Trinajstić information content (AvgIpc) is 2.74. The third kappa shape index (κ3) is 2.69. The number of aromatic nitrogens is 1. The molecule has 0 spiro atoms. The van der Waals surface area contributed by atoms with Crippen molar-refractivity contribution in [2.24, 2.45) is 12.8 Å². The van der Waals surface area contributed by atoms with Crippen molar-refractivity contribution in [3.8, 4) is 0 Å². The number of hydrogen-bond acceptors (Lipinski definition) is 4. The molecule has 1 unspecified atom stereocenters. The summed E-state index contributed by atoms with van der Waals surface area (Å²) in [7, 11) is 0.431. The first-order valence-electron chi connectivity index (χ1n) is 6.42. The van der Waals surface area contributed by atoms with Crippen LogP contribution in [0.25, 0.3) is 0 Å². The molecule has 1 aliphatic rings. The average molecular weight is 286 g/mol. The Morgan fingerprint density at radius 1 is 1.37 bits per heavy atom. The second-order valence-corrected chi connectivity index (χ2v) is 7.11. The molecule has 1 aromatic rings. The maximum atomic E-state index is 12.6. The number of sulfonamides is 1. The quantitative estimate of drug-likeness (QED) is 0.836. The Kier molecular flexibility index (Phi) is 4.00. The molecule has 0 aliphatic carbocycles. The first-order chi connectivity index (χ1) is 8.86. The van der Waals surface area contributed by atoms with Gasteiger partial charge in [-0.05, 0) is 20.0 Å². The van der Waals surface area contributed by atoms with Gasteiger partial charge in [-0.25, -0.2) is 8.42 Å². The highest BCUT2D eigenvalue weighted by molar-refractivity contribution is 7.89. The standard InChI is InChI=1S/C12H22N4O2S/c1-10-8-16(5-4-14(10)2)19(17,18)12-6-11(7-13)15(3)9-12/h6,9-10H,4-5,7-8,13H2,1-3H3. The summed E-state index contributed by atoms with van der Waals surface area (Å²) in [4.78, 5) is 2.51. The van der Waals surface area contributed by atoms with Crippen LogP contribution in [0.2, 0.25) is 0 Å².